The number of ether oxygens (including phenoxy) is 2. The zero-order chi connectivity index (χ0) is 21.0. The van der Waals surface area contributed by atoms with E-state index in [1.165, 1.54) is 13.2 Å². The fourth-order valence-electron chi connectivity index (χ4n) is 2.87. The van der Waals surface area contributed by atoms with Crippen LogP contribution in [0.1, 0.15) is 28.4 Å². The fraction of sp³-hybridized carbons (Fsp3) is 0.190. The summed E-state index contributed by atoms with van der Waals surface area (Å²) in [6.07, 6.45) is 1.57. The van der Waals surface area contributed by atoms with Crippen molar-refractivity contribution in [2.45, 2.75) is 13.5 Å². The molecule has 0 aliphatic carbocycles. The third kappa shape index (κ3) is 4.37. The van der Waals surface area contributed by atoms with E-state index in [2.05, 4.69) is 5.32 Å². The van der Waals surface area contributed by atoms with E-state index in [4.69, 9.17) is 14.6 Å². The molecule has 2 aromatic rings. The van der Waals surface area contributed by atoms with Crippen LogP contribution in [0.5, 0.6) is 11.5 Å². The van der Waals surface area contributed by atoms with Crippen LogP contribution in [-0.2, 0) is 11.4 Å². The highest BCUT2D eigenvalue weighted by Gasteiger charge is 2.32. The smallest absolute Gasteiger partial charge is 0.335 e. The van der Waals surface area contributed by atoms with E-state index in [1.54, 1.807) is 49.4 Å². The quantitative estimate of drug-likeness (QED) is 0.551. The summed E-state index contributed by atoms with van der Waals surface area (Å²) in [7, 11) is 1.49. The molecule has 8 heteroatoms. The summed E-state index contributed by atoms with van der Waals surface area (Å²) in [6, 6.07) is 11.1. The highest BCUT2D eigenvalue weighted by molar-refractivity contribution is 6.13. The summed E-state index contributed by atoms with van der Waals surface area (Å²) in [5, 5.41) is 11.6. The first-order valence-corrected chi connectivity index (χ1v) is 8.90. The molecule has 2 N–H and O–H groups in total. The van der Waals surface area contributed by atoms with Crippen molar-refractivity contribution in [1.82, 2.24) is 10.2 Å². The SMILES string of the molecule is CCN1C(=O)N/C(=C/c2ccc(OCc3cccc(C(=O)O)c3)c(OC)c2)C1=O. The third-order valence-corrected chi connectivity index (χ3v) is 4.35. The number of urea groups is 1. The monoisotopic (exact) mass is 396 g/mol. The normalized spacial score (nSPS) is 14.8. The molecule has 3 amide bonds. The zero-order valence-corrected chi connectivity index (χ0v) is 16.0. The molecule has 0 bridgehead atoms. The average Bonchev–Trinajstić information content (AvgIpc) is 2.99. The minimum atomic E-state index is -1.00. The highest BCUT2D eigenvalue weighted by atomic mass is 16.5. The van der Waals surface area contributed by atoms with Gasteiger partial charge in [-0.2, -0.15) is 0 Å². The minimum Gasteiger partial charge on any atom is -0.493 e. The number of nitrogens with one attached hydrogen (secondary N) is 1. The van der Waals surface area contributed by atoms with Gasteiger partial charge in [-0.25, -0.2) is 9.59 Å². The number of nitrogens with zero attached hydrogens (tertiary/aromatic N) is 1. The van der Waals surface area contributed by atoms with Gasteiger partial charge in [0.2, 0.25) is 0 Å². The van der Waals surface area contributed by atoms with E-state index < -0.39 is 12.0 Å². The topological polar surface area (TPSA) is 105 Å². The van der Waals surface area contributed by atoms with Crippen molar-refractivity contribution in [3.63, 3.8) is 0 Å². The van der Waals surface area contributed by atoms with Crippen LogP contribution in [0.4, 0.5) is 4.79 Å². The predicted molar refractivity (Wildman–Crippen MR) is 105 cm³/mol. The van der Waals surface area contributed by atoms with Crippen LogP contribution in [0.15, 0.2) is 48.2 Å². The number of amides is 3. The minimum absolute atomic E-state index is 0.165. The van der Waals surface area contributed by atoms with Crippen LogP contribution >= 0.6 is 0 Å². The number of carboxylic acid groups (broad SMARTS) is 1. The van der Waals surface area contributed by atoms with E-state index >= 15 is 0 Å². The Morgan fingerprint density at radius 2 is 1.97 bits per heavy atom. The highest BCUT2D eigenvalue weighted by Crippen LogP contribution is 2.30. The van der Waals surface area contributed by atoms with Gasteiger partial charge in [-0.05, 0) is 48.4 Å². The first kappa shape index (κ1) is 19.9. The Hall–Kier alpha value is -3.81. The largest absolute Gasteiger partial charge is 0.493 e. The van der Waals surface area contributed by atoms with Crippen LogP contribution in [0, 0.1) is 0 Å². The molecule has 0 atom stereocenters. The third-order valence-electron chi connectivity index (χ3n) is 4.35. The molecule has 0 aromatic heterocycles. The van der Waals surface area contributed by atoms with Crippen LogP contribution in [-0.4, -0.2) is 41.6 Å². The van der Waals surface area contributed by atoms with Crippen molar-refractivity contribution < 1.29 is 29.0 Å². The number of hydrogen-bond acceptors (Lipinski definition) is 5. The van der Waals surface area contributed by atoms with Crippen LogP contribution in [0.2, 0.25) is 0 Å². The molecule has 1 heterocycles. The van der Waals surface area contributed by atoms with Gasteiger partial charge in [0.05, 0.1) is 12.7 Å². The second kappa shape index (κ2) is 8.47. The molecular formula is C21H20N2O6. The van der Waals surface area contributed by atoms with Crippen LogP contribution in [0.3, 0.4) is 0 Å². The van der Waals surface area contributed by atoms with Gasteiger partial charge in [0, 0.05) is 6.54 Å². The van der Waals surface area contributed by atoms with Gasteiger partial charge < -0.3 is 19.9 Å². The lowest BCUT2D eigenvalue weighted by Crippen LogP contribution is -2.30. The van der Waals surface area contributed by atoms with E-state index in [-0.39, 0.29) is 23.8 Å². The molecule has 1 aliphatic heterocycles. The molecule has 29 heavy (non-hydrogen) atoms. The summed E-state index contributed by atoms with van der Waals surface area (Å²) in [5.74, 6) is -0.475. The zero-order valence-electron chi connectivity index (χ0n) is 16.0. The number of carbonyl (C=O) groups excluding carboxylic acids is 2. The number of rotatable bonds is 7. The van der Waals surface area contributed by atoms with Crippen molar-refractivity contribution in [1.29, 1.82) is 0 Å². The Morgan fingerprint density at radius 1 is 1.17 bits per heavy atom. The number of likely N-dealkylation sites (N-methyl/N-ethyl adjacent to an activating group) is 1. The summed E-state index contributed by atoms with van der Waals surface area (Å²) < 4.78 is 11.1. The number of aromatic carboxylic acids is 1. The van der Waals surface area contributed by atoms with Crippen molar-refractivity contribution in [2.75, 3.05) is 13.7 Å². The standard InChI is InChI=1S/C21H20N2O6/c1-3-23-19(24)16(22-21(23)27)10-13-7-8-17(18(11-13)28-2)29-12-14-5-4-6-15(9-14)20(25)26/h4-11H,3,12H2,1-2H3,(H,22,27)(H,25,26)/b16-10+. The number of methoxy groups -OCH3 is 1. The lowest BCUT2D eigenvalue weighted by Gasteiger charge is -2.12. The van der Waals surface area contributed by atoms with Crippen molar-refractivity contribution in [2.24, 2.45) is 0 Å². The number of hydrogen-bond donors (Lipinski definition) is 2. The molecule has 1 fully saturated rings. The van der Waals surface area contributed by atoms with Gasteiger partial charge in [0.25, 0.3) is 5.91 Å². The molecule has 3 rings (SSSR count). The molecule has 8 nitrogen and oxygen atoms in total. The predicted octanol–water partition coefficient (Wildman–Crippen LogP) is 2.89. The maximum absolute atomic E-state index is 12.2. The van der Waals surface area contributed by atoms with Gasteiger partial charge in [-0.15, -0.1) is 0 Å². The molecule has 0 radical (unpaired) electrons. The number of carboxylic acids is 1. The second-order valence-corrected chi connectivity index (χ2v) is 6.24. The molecule has 0 spiro atoms. The van der Waals surface area contributed by atoms with Crippen molar-refractivity contribution >= 4 is 24.0 Å². The Morgan fingerprint density at radius 3 is 2.62 bits per heavy atom. The maximum atomic E-state index is 12.2. The Kier molecular flexibility index (Phi) is 5.82. The Bertz CT molecular complexity index is 998. The lowest BCUT2D eigenvalue weighted by molar-refractivity contribution is -0.122. The molecule has 150 valence electrons. The number of carbonyl (C=O) groups is 3. The van der Waals surface area contributed by atoms with Gasteiger partial charge in [-0.1, -0.05) is 18.2 Å². The van der Waals surface area contributed by atoms with E-state index in [9.17, 15) is 14.4 Å². The Balaban J connectivity index is 1.77. The maximum Gasteiger partial charge on any atom is 0.335 e. The van der Waals surface area contributed by atoms with Gasteiger partial charge in [-0.3, -0.25) is 9.69 Å². The van der Waals surface area contributed by atoms with E-state index in [0.717, 1.165) is 4.90 Å². The molecule has 2 aromatic carbocycles. The molecule has 1 saturated heterocycles. The Labute approximate surface area is 167 Å². The van der Waals surface area contributed by atoms with Crippen molar-refractivity contribution in [3.8, 4) is 11.5 Å². The number of benzene rings is 2. The first-order valence-electron chi connectivity index (χ1n) is 8.90. The van der Waals surface area contributed by atoms with Crippen LogP contribution in [0.25, 0.3) is 6.08 Å². The summed E-state index contributed by atoms with van der Waals surface area (Å²) in [4.78, 5) is 36.1. The summed E-state index contributed by atoms with van der Waals surface area (Å²) in [6.45, 7) is 2.18. The first-order chi connectivity index (χ1) is 13.9. The molecule has 1 aliphatic rings. The van der Waals surface area contributed by atoms with Crippen LogP contribution < -0.4 is 14.8 Å². The lowest BCUT2D eigenvalue weighted by atomic mass is 10.1. The van der Waals surface area contributed by atoms with E-state index in [1.807, 2.05) is 0 Å². The van der Waals surface area contributed by atoms with Gasteiger partial charge in [0.15, 0.2) is 11.5 Å². The molecule has 0 unspecified atom stereocenters. The fourth-order valence-corrected chi connectivity index (χ4v) is 2.87. The molecular weight excluding hydrogens is 376 g/mol. The second-order valence-electron chi connectivity index (χ2n) is 6.24. The van der Waals surface area contributed by atoms with Gasteiger partial charge >= 0.3 is 12.0 Å². The summed E-state index contributed by atoms with van der Waals surface area (Å²) in [5.41, 5.74) is 1.74. The molecule has 0 saturated carbocycles. The summed E-state index contributed by atoms with van der Waals surface area (Å²) >= 11 is 0. The number of imide groups is 1. The van der Waals surface area contributed by atoms with Gasteiger partial charge in [0.1, 0.15) is 12.3 Å². The average molecular weight is 396 g/mol. The van der Waals surface area contributed by atoms with Crippen molar-refractivity contribution in [3.05, 3.63) is 64.9 Å². The van der Waals surface area contributed by atoms with E-state index in [0.29, 0.717) is 29.2 Å².